The van der Waals surface area contributed by atoms with E-state index in [0.717, 1.165) is 62.2 Å². The van der Waals surface area contributed by atoms with E-state index in [4.69, 9.17) is 0 Å². The molecule has 1 aromatic heterocycles. The smallest absolute Gasteiger partial charge is 0.391 e. The van der Waals surface area contributed by atoms with Gasteiger partial charge in [-0.1, -0.05) is 0 Å². The fourth-order valence-electron chi connectivity index (χ4n) is 6.04. The van der Waals surface area contributed by atoms with Crippen molar-refractivity contribution in [1.29, 1.82) is 0 Å². The average Bonchev–Trinajstić information content (AvgIpc) is 3.66. The normalized spacial score (nSPS) is 23.3. The molecule has 0 radical (unpaired) electrons. The van der Waals surface area contributed by atoms with Crippen molar-refractivity contribution in [3.8, 4) is 0 Å². The number of hydrogen-bond donors (Lipinski definition) is 3. The minimum atomic E-state index is -4.61. The molecule has 0 bridgehead atoms. The number of likely N-dealkylation sites (N-methyl/N-ethyl adjacent to an activating group) is 1. The van der Waals surface area contributed by atoms with Gasteiger partial charge in [0.1, 0.15) is 11.4 Å². The number of piperazine rings is 1. The Morgan fingerprint density at radius 1 is 1.12 bits per heavy atom. The predicted molar refractivity (Wildman–Crippen MR) is 150 cm³/mol. The van der Waals surface area contributed by atoms with Crippen molar-refractivity contribution in [2.24, 2.45) is 0 Å². The van der Waals surface area contributed by atoms with Crippen molar-refractivity contribution in [2.75, 3.05) is 74.9 Å². The predicted octanol–water partition coefficient (Wildman–Crippen LogP) is 3.54. The number of urea groups is 1. The second-order valence-electron chi connectivity index (χ2n) is 11.6. The van der Waals surface area contributed by atoms with Crippen LogP contribution in [0.25, 0.3) is 0 Å². The first kappa shape index (κ1) is 27.8. The molecule has 2 amide bonds. The van der Waals surface area contributed by atoms with E-state index >= 15 is 0 Å². The Bertz CT molecular complexity index is 1270. The maximum atomic E-state index is 13.8. The van der Waals surface area contributed by atoms with Gasteiger partial charge in [0.25, 0.3) is 0 Å². The third kappa shape index (κ3) is 6.15. The van der Waals surface area contributed by atoms with Crippen LogP contribution < -0.4 is 15.5 Å². The Labute approximate surface area is 237 Å². The van der Waals surface area contributed by atoms with Crippen molar-refractivity contribution in [3.05, 3.63) is 35.5 Å². The van der Waals surface area contributed by atoms with Crippen LogP contribution in [0.15, 0.2) is 24.4 Å². The first-order valence-electron chi connectivity index (χ1n) is 14.4. The number of nitrogens with zero attached hydrogens (tertiary/aromatic N) is 6. The highest BCUT2D eigenvalue weighted by Gasteiger charge is 2.43. The Morgan fingerprint density at radius 2 is 1.90 bits per heavy atom. The lowest BCUT2D eigenvalue weighted by Gasteiger charge is -2.34. The molecule has 3 N–H and O–H groups in total. The molecule has 2 aromatic rings. The molecular formula is C28H37F3N8O2. The molecule has 10 nitrogen and oxygen atoms in total. The summed E-state index contributed by atoms with van der Waals surface area (Å²) in [7, 11) is 2.12. The summed E-state index contributed by atoms with van der Waals surface area (Å²) < 4.78 is 41.3. The minimum Gasteiger partial charge on any atom is -0.391 e. The van der Waals surface area contributed by atoms with Gasteiger partial charge in [-0.15, -0.1) is 0 Å². The summed E-state index contributed by atoms with van der Waals surface area (Å²) in [6, 6.07) is 6.11. The fourth-order valence-corrected chi connectivity index (χ4v) is 6.04. The van der Waals surface area contributed by atoms with Crippen molar-refractivity contribution in [2.45, 2.75) is 49.9 Å². The number of halogens is 3. The molecule has 13 heteroatoms. The number of aliphatic hydroxyl groups excluding tert-OH is 1. The fraction of sp³-hybridized carbons (Fsp3) is 0.607. The van der Waals surface area contributed by atoms with E-state index in [1.54, 1.807) is 9.80 Å². The van der Waals surface area contributed by atoms with Crippen LogP contribution in [0.3, 0.4) is 0 Å². The second kappa shape index (κ2) is 11.2. The van der Waals surface area contributed by atoms with Gasteiger partial charge in [-0.25, -0.2) is 9.78 Å². The summed E-state index contributed by atoms with van der Waals surface area (Å²) in [4.78, 5) is 28.8. The van der Waals surface area contributed by atoms with Crippen LogP contribution in [-0.2, 0) is 6.18 Å². The van der Waals surface area contributed by atoms with E-state index in [0.29, 0.717) is 38.4 Å². The number of nitrogens with one attached hydrogen (secondary N) is 2. The maximum Gasteiger partial charge on any atom is 0.421 e. The zero-order valence-electron chi connectivity index (χ0n) is 23.2. The van der Waals surface area contributed by atoms with Gasteiger partial charge in [0.2, 0.25) is 5.95 Å². The number of fused-ring (bicyclic) bond motifs is 1. The SMILES string of the molecule is CN1CCN(c2ccc(Nc3ncc(C(F)(F)F)c(NCCCN4C[C@@H]5C[C@@H](O)CN5C4=O)n3)c(C3CC3)c2)CC1. The molecule has 4 fully saturated rings. The number of aromatic nitrogens is 2. The van der Waals surface area contributed by atoms with Crippen LogP contribution in [0.1, 0.15) is 42.7 Å². The van der Waals surface area contributed by atoms with Crippen LogP contribution in [0.4, 0.5) is 41.1 Å². The zero-order chi connectivity index (χ0) is 28.7. The lowest BCUT2D eigenvalue weighted by atomic mass is 10.1. The number of hydrogen-bond acceptors (Lipinski definition) is 8. The minimum absolute atomic E-state index is 0.00828. The van der Waals surface area contributed by atoms with Crippen molar-refractivity contribution in [1.82, 2.24) is 24.7 Å². The van der Waals surface area contributed by atoms with Crippen LogP contribution in [-0.4, -0.2) is 107 Å². The Balaban J connectivity index is 1.12. The van der Waals surface area contributed by atoms with Crippen LogP contribution in [0.5, 0.6) is 0 Å². The lowest BCUT2D eigenvalue weighted by molar-refractivity contribution is -0.137. The largest absolute Gasteiger partial charge is 0.421 e. The zero-order valence-corrected chi connectivity index (χ0v) is 23.2. The molecule has 2 atom stereocenters. The highest BCUT2D eigenvalue weighted by atomic mass is 19.4. The van der Waals surface area contributed by atoms with Gasteiger partial charge in [0, 0.05) is 69.9 Å². The van der Waals surface area contributed by atoms with Gasteiger partial charge in [-0.3, -0.25) is 0 Å². The van der Waals surface area contributed by atoms with Crippen molar-refractivity contribution >= 4 is 29.2 Å². The third-order valence-electron chi connectivity index (χ3n) is 8.50. The molecule has 3 saturated heterocycles. The summed E-state index contributed by atoms with van der Waals surface area (Å²) >= 11 is 0. The van der Waals surface area contributed by atoms with Gasteiger partial charge in [-0.2, -0.15) is 18.2 Å². The summed E-state index contributed by atoms with van der Waals surface area (Å²) in [6.07, 6.45) is -1.09. The molecule has 0 unspecified atom stereocenters. The Kier molecular flexibility index (Phi) is 7.58. The molecule has 1 saturated carbocycles. The molecule has 4 heterocycles. The number of carbonyl (C=O) groups is 1. The quantitative estimate of drug-likeness (QED) is 0.391. The highest BCUT2D eigenvalue weighted by molar-refractivity contribution is 5.77. The number of rotatable bonds is 9. The number of carbonyl (C=O) groups excluding carboxylic acids is 1. The molecule has 1 aromatic carbocycles. The number of benzene rings is 1. The molecule has 1 aliphatic carbocycles. The molecule has 41 heavy (non-hydrogen) atoms. The summed E-state index contributed by atoms with van der Waals surface area (Å²) in [5, 5.41) is 15.8. The lowest BCUT2D eigenvalue weighted by Crippen LogP contribution is -2.44. The molecule has 3 aliphatic heterocycles. The van der Waals surface area contributed by atoms with E-state index < -0.39 is 17.8 Å². The number of anilines is 4. The second-order valence-corrected chi connectivity index (χ2v) is 11.6. The van der Waals surface area contributed by atoms with Crippen molar-refractivity contribution < 1.29 is 23.1 Å². The van der Waals surface area contributed by atoms with E-state index in [-0.39, 0.29) is 30.4 Å². The summed E-state index contributed by atoms with van der Waals surface area (Å²) in [6.45, 7) is 5.42. The molecular weight excluding hydrogens is 537 g/mol. The molecule has 222 valence electrons. The average molecular weight is 575 g/mol. The molecule has 0 spiro atoms. The maximum absolute atomic E-state index is 13.8. The number of alkyl halides is 3. The van der Waals surface area contributed by atoms with Gasteiger partial charge >= 0.3 is 12.2 Å². The Morgan fingerprint density at radius 3 is 2.61 bits per heavy atom. The molecule has 4 aliphatic rings. The number of aliphatic hydroxyl groups is 1. The standard InChI is InChI=1S/C28H37F3N8O2/c1-36-9-11-37(12-10-36)19-5-6-24(22(14-19)18-3-4-18)34-26-33-15-23(28(29,30)31)25(35-26)32-7-2-8-38-16-20-13-21(40)17-39(20)27(38)41/h5-6,14-15,18,20-21,40H,2-4,7-13,16-17H2,1H3,(H2,32,33,34,35)/t20-,21+/m0/s1. The van der Waals surface area contributed by atoms with Gasteiger partial charge in [0.15, 0.2) is 0 Å². The topological polar surface area (TPSA) is 100 Å². The van der Waals surface area contributed by atoms with Crippen LogP contribution in [0, 0.1) is 0 Å². The van der Waals surface area contributed by atoms with E-state index in [1.807, 2.05) is 12.1 Å². The summed E-state index contributed by atoms with van der Waals surface area (Å²) in [5.41, 5.74) is 2.19. The van der Waals surface area contributed by atoms with Gasteiger partial charge in [0.05, 0.1) is 12.1 Å². The van der Waals surface area contributed by atoms with Crippen LogP contribution >= 0.6 is 0 Å². The Hall–Kier alpha value is -3.32. The molecule has 6 rings (SSSR count). The first-order valence-corrected chi connectivity index (χ1v) is 14.4. The van der Waals surface area contributed by atoms with E-state index in [1.165, 1.54) is 0 Å². The van der Waals surface area contributed by atoms with E-state index in [9.17, 15) is 23.1 Å². The van der Waals surface area contributed by atoms with Gasteiger partial charge in [-0.05, 0) is 62.4 Å². The first-order chi connectivity index (χ1) is 19.7. The number of amides is 2. The highest BCUT2D eigenvalue weighted by Crippen LogP contribution is 2.45. The van der Waals surface area contributed by atoms with E-state index in [2.05, 4.69) is 43.5 Å². The summed E-state index contributed by atoms with van der Waals surface area (Å²) in [5.74, 6) is 0.238. The van der Waals surface area contributed by atoms with Crippen molar-refractivity contribution in [3.63, 3.8) is 0 Å². The van der Waals surface area contributed by atoms with Crippen LogP contribution in [0.2, 0.25) is 0 Å². The third-order valence-corrected chi connectivity index (χ3v) is 8.50. The van der Waals surface area contributed by atoms with Gasteiger partial charge < -0.3 is 35.3 Å². The monoisotopic (exact) mass is 574 g/mol.